The maximum Gasteiger partial charge on any atom is 0.160 e. The Labute approximate surface area is 395 Å². The Hall–Kier alpha value is -8.47. The van der Waals surface area contributed by atoms with E-state index in [2.05, 4.69) is 217 Å². The molecule has 0 bridgehead atoms. The number of hydrogen-bond donors (Lipinski definition) is 0. The lowest BCUT2D eigenvalue weighted by Crippen LogP contribution is -2.29. The molecule has 3 aliphatic carbocycles. The van der Waals surface area contributed by atoms with Gasteiger partial charge in [-0.2, -0.15) is 0 Å². The summed E-state index contributed by atoms with van der Waals surface area (Å²) in [7, 11) is 0. The molecule has 0 saturated carbocycles. The molecule has 10 aromatic rings. The maximum atomic E-state index is 5.64. The third-order valence-electron chi connectivity index (χ3n) is 14.4. The van der Waals surface area contributed by atoms with E-state index in [4.69, 9.17) is 9.98 Å². The highest BCUT2D eigenvalue weighted by molar-refractivity contribution is 6.25. The molecule has 0 aliphatic heterocycles. The van der Waals surface area contributed by atoms with E-state index in [0.29, 0.717) is 18.2 Å². The molecular formula is C64H46N4. The lowest BCUT2D eigenvalue weighted by molar-refractivity contribution is 0.639. The molecule has 13 rings (SSSR count). The summed E-state index contributed by atoms with van der Waals surface area (Å²) in [4.78, 5) is 15.7. The highest BCUT2D eigenvalue weighted by atomic mass is 15.0. The lowest BCUT2D eigenvalue weighted by atomic mass is 9.64. The van der Waals surface area contributed by atoms with Gasteiger partial charge < -0.3 is 4.57 Å². The first-order chi connectivity index (χ1) is 33.7. The standard InChI is InChI=1S/C64H46N4/c1-65-63(43-20-6-3-7-21-43)67-64(66-40-41-32-34-53-48-24-9-8-22-46(48)47-23-10-12-27-51(47)56(53)36-41)59-39-45(38-58-52-28-13-11-25-49(52)50-26-14-15-30-55(50)62(58)59)68-60-31-17-16-29-54(60)57-37-44(33-35-61(57)68)42-18-4-2-5-19-42/h2-10,12-24,26-39,58,62H,1,11,25,40H2/b66-64-,67-63-. The van der Waals surface area contributed by atoms with E-state index in [1.165, 1.54) is 76.5 Å². The fourth-order valence-corrected chi connectivity index (χ4v) is 11.4. The largest absolute Gasteiger partial charge is 0.310 e. The minimum absolute atomic E-state index is 0.0313. The summed E-state index contributed by atoms with van der Waals surface area (Å²) in [5.41, 5.74) is 14.3. The highest BCUT2D eigenvalue weighted by Gasteiger charge is 2.40. The lowest BCUT2D eigenvalue weighted by Gasteiger charge is -2.40. The minimum atomic E-state index is -0.0505. The number of aromatic nitrogens is 1. The number of amidine groups is 2. The van der Waals surface area contributed by atoms with Crippen molar-refractivity contribution in [2.24, 2.45) is 20.9 Å². The normalized spacial score (nSPS) is 17.1. The number of fused-ring (bicyclic) bond motifs is 14. The van der Waals surface area contributed by atoms with E-state index in [1.54, 1.807) is 0 Å². The SMILES string of the molecule is C=N/C(=N\C(=N/Cc1ccc2c3ccccc3c3ccccc3c2c1)C1=CC(n2c3ccccc3c3cc(-c4ccccc4)ccc32)=CC2C3=C(CCC=C3)c3ccccc3C12)c1ccccc1. The minimum Gasteiger partial charge on any atom is -0.310 e. The average molecular weight is 871 g/mol. The molecule has 0 spiro atoms. The Kier molecular flexibility index (Phi) is 9.64. The summed E-state index contributed by atoms with van der Waals surface area (Å²) < 4.78 is 2.47. The Morgan fingerprint density at radius 2 is 1.21 bits per heavy atom. The van der Waals surface area contributed by atoms with Crippen LogP contribution in [0.25, 0.3) is 76.5 Å². The van der Waals surface area contributed by atoms with Gasteiger partial charge in [0.1, 0.15) is 0 Å². The Balaban J connectivity index is 1.05. The second kappa shape index (κ2) is 16.4. The van der Waals surface area contributed by atoms with Crippen LogP contribution in [-0.2, 0) is 6.54 Å². The zero-order valence-corrected chi connectivity index (χ0v) is 37.6. The predicted molar refractivity (Wildman–Crippen MR) is 288 cm³/mol. The van der Waals surface area contributed by atoms with Gasteiger partial charge in [-0.15, -0.1) is 0 Å². The van der Waals surface area contributed by atoms with Gasteiger partial charge in [0.2, 0.25) is 0 Å². The summed E-state index contributed by atoms with van der Waals surface area (Å²) in [5, 5.41) is 9.93. The van der Waals surface area contributed by atoms with Gasteiger partial charge in [0.25, 0.3) is 0 Å². The van der Waals surface area contributed by atoms with Gasteiger partial charge in [0.05, 0.1) is 17.6 Å². The first-order valence-corrected chi connectivity index (χ1v) is 23.7. The molecule has 3 aliphatic rings. The molecule has 1 heterocycles. The van der Waals surface area contributed by atoms with Crippen molar-refractivity contribution < 1.29 is 0 Å². The molecule has 2 atom stereocenters. The number of hydrogen-bond acceptors (Lipinski definition) is 1. The molecule has 0 N–H and O–H groups in total. The van der Waals surface area contributed by atoms with Crippen molar-refractivity contribution >= 4 is 83.8 Å². The van der Waals surface area contributed by atoms with Crippen LogP contribution >= 0.6 is 0 Å². The second-order valence-corrected chi connectivity index (χ2v) is 18.2. The summed E-state index contributed by atoms with van der Waals surface area (Å²) in [6.07, 6.45) is 11.7. The molecule has 4 heteroatoms. The van der Waals surface area contributed by atoms with Crippen LogP contribution in [0, 0.1) is 5.92 Å². The van der Waals surface area contributed by atoms with Crippen LogP contribution < -0.4 is 0 Å². The highest BCUT2D eigenvalue weighted by Crippen LogP contribution is 2.53. The average Bonchev–Trinajstić information content (AvgIpc) is 3.75. The summed E-state index contributed by atoms with van der Waals surface area (Å²) in [5.74, 6) is 1.18. The van der Waals surface area contributed by atoms with Crippen molar-refractivity contribution in [3.8, 4) is 11.1 Å². The zero-order valence-electron chi connectivity index (χ0n) is 37.6. The maximum absolute atomic E-state index is 5.64. The van der Waals surface area contributed by atoms with E-state index in [1.807, 2.05) is 18.2 Å². The number of para-hydroxylation sites is 1. The molecule has 322 valence electrons. The molecule has 0 radical (unpaired) electrons. The van der Waals surface area contributed by atoms with E-state index in [0.717, 1.165) is 46.3 Å². The Morgan fingerprint density at radius 3 is 1.97 bits per heavy atom. The number of aliphatic imine (C=N–C) groups is 3. The van der Waals surface area contributed by atoms with Gasteiger partial charge in [-0.05, 0) is 121 Å². The Bertz CT molecular complexity index is 3860. The number of allylic oxidation sites excluding steroid dienone is 7. The van der Waals surface area contributed by atoms with Gasteiger partial charge in [0.15, 0.2) is 11.7 Å². The number of benzene rings is 9. The fourth-order valence-electron chi connectivity index (χ4n) is 11.4. The number of nitrogens with zero attached hydrogens (tertiary/aromatic N) is 4. The monoisotopic (exact) mass is 870 g/mol. The molecule has 0 saturated heterocycles. The zero-order chi connectivity index (χ0) is 45.1. The molecule has 0 fully saturated rings. The molecule has 4 nitrogen and oxygen atoms in total. The second-order valence-electron chi connectivity index (χ2n) is 18.2. The summed E-state index contributed by atoms with van der Waals surface area (Å²) in [6, 6.07) is 70.0. The van der Waals surface area contributed by atoms with Crippen molar-refractivity contribution in [2.75, 3.05) is 0 Å². The third kappa shape index (κ3) is 6.55. The van der Waals surface area contributed by atoms with Gasteiger partial charge in [-0.3, -0.25) is 4.99 Å². The van der Waals surface area contributed by atoms with Crippen molar-refractivity contribution in [3.63, 3.8) is 0 Å². The summed E-state index contributed by atoms with van der Waals surface area (Å²) >= 11 is 0. The number of rotatable bonds is 6. The predicted octanol–water partition coefficient (Wildman–Crippen LogP) is 16.0. The van der Waals surface area contributed by atoms with Gasteiger partial charge in [0, 0.05) is 39.4 Å². The van der Waals surface area contributed by atoms with Crippen LogP contribution in [0.2, 0.25) is 0 Å². The van der Waals surface area contributed by atoms with E-state index in [9.17, 15) is 0 Å². The quantitative estimate of drug-likeness (QED) is 0.0908. The van der Waals surface area contributed by atoms with Crippen LogP contribution in [0.5, 0.6) is 0 Å². The molecule has 9 aromatic carbocycles. The smallest absolute Gasteiger partial charge is 0.160 e. The first kappa shape index (κ1) is 39.9. The molecule has 2 unspecified atom stereocenters. The topological polar surface area (TPSA) is 42.0 Å². The van der Waals surface area contributed by atoms with Crippen molar-refractivity contribution in [1.82, 2.24) is 4.57 Å². The van der Waals surface area contributed by atoms with Crippen LogP contribution in [0.1, 0.15) is 41.0 Å². The molecule has 0 amide bonds. The van der Waals surface area contributed by atoms with Crippen LogP contribution in [0.15, 0.2) is 245 Å². The fraction of sp³-hybridized carbons (Fsp3) is 0.0781. The third-order valence-corrected chi connectivity index (χ3v) is 14.4. The molecule has 1 aromatic heterocycles. The van der Waals surface area contributed by atoms with E-state index < -0.39 is 0 Å². The van der Waals surface area contributed by atoms with Crippen molar-refractivity contribution in [3.05, 3.63) is 252 Å². The first-order valence-electron chi connectivity index (χ1n) is 23.7. The molecular weight excluding hydrogens is 825 g/mol. The summed E-state index contributed by atoms with van der Waals surface area (Å²) in [6.45, 7) is 4.51. The van der Waals surface area contributed by atoms with Crippen molar-refractivity contribution in [1.29, 1.82) is 0 Å². The molecule has 68 heavy (non-hydrogen) atoms. The van der Waals surface area contributed by atoms with Crippen molar-refractivity contribution in [2.45, 2.75) is 25.3 Å². The van der Waals surface area contributed by atoms with Gasteiger partial charge >= 0.3 is 0 Å². The van der Waals surface area contributed by atoms with Gasteiger partial charge in [-0.25, -0.2) is 9.98 Å². The van der Waals surface area contributed by atoms with Crippen LogP contribution in [0.3, 0.4) is 0 Å². The van der Waals surface area contributed by atoms with Crippen LogP contribution in [0.4, 0.5) is 0 Å². The van der Waals surface area contributed by atoms with Gasteiger partial charge in [-0.1, -0.05) is 188 Å². The van der Waals surface area contributed by atoms with E-state index >= 15 is 0 Å². The Morgan fingerprint density at radius 1 is 0.559 bits per heavy atom. The van der Waals surface area contributed by atoms with Crippen LogP contribution in [-0.4, -0.2) is 23.0 Å². The van der Waals surface area contributed by atoms with E-state index in [-0.39, 0.29) is 11.8 Å².